The number of anilines is 1. The van der Waals surface area contributed by atoms with Gasteiger partial charge in [-0.1, -0.05) is 18.2 Å². The van der Waals surface area contributed by atoms with Crippen molar-refractivity contribution in [2.75, 3.05) is 25.7 Å². The van der Waals surface area contributed by atoms with Crippen LogP contribution >= 0.6 is 22.6 Å². The lowest BCUT2D eigenvalue weighted by Gasteiger charge is -2.28. The fourth-order valence-corrected chi connectivity index (χ4v) is 5.19. The predicted molar refractivity (Wildman–Crippen MR) is 153 cm³/mol. The summed E-state index contributed by atoms with van der Waals surface area (Å²) in [5.41, 5.74) is 2.86. The minimum absolute atomic E-state index is 0.0856. The van der Waals surface area contributed by atoms with Crippen LogP contribution in [0, 0.1) is 3.57 Å². The zero-order valence-corrected chi connectivity index (χ0v) is 23.1. The molecule has 5 rings (SSSR count). The third-order valence-electron chi connectivity index (χ3n) is 6.77. The second-order valence-electron chi connectivity index (χ2n) is 8.94. The number of nitrogens with one attached hydrogen (secondary N) is 1. The molecule has 0 radical (unpaired) electrons. The molecule has 3 aromatic carbocycles. The van der Waals surface area contributed by atoms with Crippen LogP contribution in [0.2, 0.25) is 0 Å². The van der Waals surface area contributed by atoms with Gasteiger partial charge in [-0.3, -0.25) is 14.4 Å². The van der Waals surface area contributed by atoms with E-state index in [1.807, 2.05) is 42.6 Å². The molecule has 3 amide bonds. The molecular formula is C29H26IN3O5. The van der Waals surface area contributed by atoms with Crippen molar-refractivity contribution in [3.63, 3.8) is 0 Å². The molecule has 0 saturated carbocycles. The highest BCUT2D eigenvalue weighted by atomic mass is 127. The Labute approximate surface area is 233 Å². The molecule has 1 saturated heterocycles. The standard InChI is InChI=1S/C29H26IN3O5/c1-37-25-12-7-18(15-26(25)38-2)28(35)32(14-13-19-17-31-23-6-4-3-5-22(19)23)24-16-27(34)33(29(24)36)21-10-8-20(30)9-11-21/h3-12,15,17,24,31H,13-14,16H2,1-2H3. The van der Waals surface area contributed by atoms with Crippen LogP contribution in [-0.2, 0) is 16.0 Å². The highest BCUT2D eigenvalue weighted by Crippen LogP contribution is 2.31. The van der Waals surface area contributed by atoms with Crippen LogP contribution < -0.4 is 14.4 Å². The van der Waals surface area contributed by atoms with Crippen LogP contribution in [0.3, 0.4) is 0 Å². The summed E-state index contributed by atoms with van der Waals surface area (Å²) >= 11 is 2.17. The number of carbonyl (C=O) groups excluding carboxylic acids is 3. The first-order valence-corrected chi connectivity index (χ1v) is 13.2. The number of imide groups is 1. The predicted octanol–water partition coefficient (Wildman–Crippen LogP) is 4.81. The zero-order valence-electron chi connectivity index (χ0n) is 20.9. The third kappa shape index (κ3) is 4.85. The van der Waals surface area contributed by atoms with Gasteiger partial charge in [0.05, 0.1) is 26.3 Å². The molecule has 194 valence electrons. The molecule has 1 fully saturated rings. The minimum Gasteiger partial charge on any atom is -0.493 e. The van der Waals surface area contributed by atoms with Crippen molar-refractivity contribution in [1.82, 2.24) is 9.88 Å². The van der Waals surface area contributed by atoms with Gasteiger partial charge in [0, 0.05) is 32.8 Å². The van der Waals surface area contributed by atoms with E-state index < -0.39 is 11.9 Å². The maximum Gasteiger partial charge on any atom is 0.257 e. The first-order valence-electron chi connectivity index (χ1n) is 12.1. The Morgan fingerprint density at radius 3 is 2.50 bits per heavy atom. The highest BCUT2D eigenvalue weighted by molar-refractivity contribution is 14.1. The molecule has 9 heteroatoms. The van der Waals surface area contributed by atoms with Gasteiger partial charge in [0.2, 0.25) is 5.91 Å². The molecule has 1 N–H and O–H groups in total. The van der Waals surface area contributed by atoms with Crippen molar-refractivity contribution in [3.05, 3.63) is 87.6 Å². The maximum atomic E-state index is 13.9. The van der Waals surface area contributed by atoms with Crippen molar-refractivity contribution in [1.29, 1.82) is 0 Å². The number of aromatic nitrogens is 1. The largest absolute Gasteiger partial charge is 0.493 e. The first kappa shape index (κ1) is 25.8. The summed E-state index contributed by atoms with van der Waals surface area (Å²) in [5.74, 6) is -0.209. The number of methoxy groups -OCH3 is 2. The van der Waals surface area contributed by atoms with E-state index in [1.54, 1.807) is 30.3 Å². The monoisotopic (exact) mass is 623 g/mol. The Morgan fingerprint density at radius 2 is 1.76 bits per heavy atom. The second kappa shape index (κ2) is 10.9. The molecule has 0 aliphatic carbocycles. The maximum absolute atomic E-state index is 13.9. The Kier molecular flexibility index (Phi) is 7.37. The van der Waals surface area contributed by atoms with E-state index in [9.17, 15) is 14.4 Å². The van der Waals surface area contributed by atoms with Crippen LogP contribution in [0.15, 0.2) is 72.9 Å². The molecular weight excluding hydrogens is 597 g/mol. The average Bonchev–Trinajstić information content (AvgIpc) is 3.48. The molecule has 0 spiro atoms. The number of carbonyl (C=O) groups is 3. The number of benzene rings is 3. The van der Waals surface area contributed by atoms with E-state index in [4.69, 9.17) is 9.47 Å². The van der Waals surface area contributed by atoms with Gasteiger partial charge >= 0.3 is 0 Å². The quantitative estimate of drug-likeness (QED) is 0.225. The summed E-state index contributed by atoms with van der Waals surface area (Å²) in [5, 5.41) is 1.06. The number of ether oxygens (including phenoxy) is 2. The average molecular weight is 623 g/mol. The molecule has 1 unspecified atom stereocenters. The summed E-state index contributed by atoms with van der Waals surface area (Å²) in [6, 6.07) is 19.1. The number of fused-ring (bicyclic) bond motifs is 1. The molecule has 38 heavy (non-hydrogen) atoms. The van der Waals surface area contributed by atoms with Gasteiger partial charge in [-0.15, -0.1) is 0 Å². The number of H-pyrrole nitrogens is 1. The van der Waals surface area contributed by atoms with Crippen LogP contribution in [-0.4, -0.2) is 54.4 Å². The second-order valence-corrected chi connectivity index (χ2v) is 10.2. The smallest absolute Gasteiger partial charge is 0.257 e. The number of hydrogen-bond acceptors (Lipinski definition) is 5. The van der Waals surface area contributed by atoms with Gasteiger partial charge < -0.3 is 19.4 Å². The van der Waals surface area contributed by atoms with Crippen molar-refractivity contribution < 1.29 is 23.9 Å². The van der Waals surface area contributed by atoms with E-state index in [0.717, 1.165) is 20.0 Å². The highest BCUT2D eigenvalue weighted by Gasteiger charge is 2.44. The number of amides is 3. The number of para-hydroxylation sites is 1. The molecule has 1 aromatic heterocycles. The number of rotatable bonds is 8. The summed E-state index contributed by atoms with van der Waals surface area (Å²) in [6.45, 7) is 0.249. The fourth-order valence-electron chi connectivity index (χ4n) is 4.83. The lowest BCUT2D eigenvalue weighted by atomic mass is 10.1. The van der Waals surface area contributed by atoms with E-state index in [2.05, 4.69) is 27.6 Å². The number of nitrogens with zero attached hydrogens (tertiary/aromatic N) is 2. The van der Waals surface area contributed by atoms with Crippen LogP contribution in [0.5, 0.6) is 11.5 Å². The van der Waals surface area contributed by atoms with Gasteiger partial charge in [0.1, 0.15) is 6.04 Å². The number of hydrogen-bond donors (Lipinski definition) is 1. The van der Waals surface area contributed by atoms with Crippen LogP contribution in [0.25, 0.3) is 10.9 Å². The lowest BCUT2D eigenvalue weighted by molar-refractivity contribution is -0.122. The Morgan fingerprint density at radius 1 is 1.03 bits per heavy atom. The summed E-state index contributed by atoms with van der Waals surface area (Å²) in [4.78, 5) is 46.5. The third-order valence-corrected chi connectivity index (χ3v) is 7.49. The molecule has 4 aromatic rings. The zero-order chi connectivity index (χ0) is 26.8. The summed E-state index contributed by atoms with van der Waals surface area (Å²) < 4.78 is 11.7. The van der Waals surface area contributed by atoms with E-state index >= 15 is 0 Å². The van der Waals surface area contributed by atoms with Crippen molar-refractivity contribution in [3.8, 4) is 11.5 Å². The Balaban J connectivity index is 1.48. The van der Waals surface area contributed by atoms with E-state index in [0.29, 0.717) is 29.2 Å². The molecule has 8 nitrogen and oxygen atoms in total. The molecule has 1 atom stereocenters. The van der Waals surface area contributed by atoms with Gasteiger partial charge in [-0.2, -0.15) is 0 Å². The van der Waals surface area contributed by atoms with E-state index in [-0.39, 0.29) is 24.8 Å². The Bertz CT molecular complexity index is 1510. The van der Waals surface area contributed by atoms with Crippen molar-refractivity contribution in [2.45, 2.75) is 18.9 Å². The minimum atomic E-state index is -0.924. The molecule has 1 aliphatic rings. The van der Waals surface area contributed by atoms with Gasteiger partial charge in [-0.25, -0.2) is 4.90 Å². The Hall–Kier alpha value is -3.86. The number of aromatic amines is 1. The van der Waals surface area contributed by atoms with Crippen molar-refractivity contribution >= 4 is 56.9 Å². The normalized spacial score (nSPS) is 15.2. The number of halogens is 1. The van der Waals surface area contributed by atoms with Gasteiger partial charge in [-0.05, 0) is 83.1 Å². The van der Waals surface area contributed by atoms with Crippen molar-refractivity contribution in [2.24, 2.45) is 0 Å². The lowest BCUT2D eigenvalue weighted by Crippen LogP contribution is -2.46. The molecule has 2 heterocycles. The van der Waals surface area contributed by atoms with E-state index in [1.165, 1.54) is 24.0 Å². The molecule has 0 bridgehead atoms. The topological polar surface area (TPSA) is 91.9 Å². The first-order chi connectivity index (χ1) is 18.4. The summed E-state index contributed by atoms with van der Waals surface area (Å²) in [7, 11) is 3.02. The van der Waals surface area contributed by atoms with Gasteiger partial charge in [0.15, 0.2) is 11.5 Å². The SMILES string of the molecule is COc1ccc(C(=O)N(CCc2c[nH]c3ccccc23)C2CC(=O)N(c3ccc(I)cc3)C2=O)cc1OC. The van der Waals surface area contributed by atoms with Gasteiger partial charge in [0.25, 0.3) is 11.8 Å². The van der Waals surface area contributed by atoms with Crippen LogP contribution in [0.4, 0.5) is 5.69 Å². The summed E-state index contributed by atoms with van der Waals surface area (Å²) in [6.07, 6.45) is 2.34. The fraction of sp³-hybridized carbons (Fsp3) is 0.207. The molecule has 1 aliphatic heterocycles. The van der Waals surface area contributed by atoms with Crippen LogP contribution in [0.1, 0.15) is 22.3 Å².